The van der Waals surface area contributed by atoms with Crippen LogP contribution < -0.4 is 5.32 Å². The van der Waals surface area contributed by atoms with Crippen LogP contribution in [0.3, 0.4) is 0 Å². The first-order valence-electron chi connectivity index (χ1n) is 10.2. The van der Waals surface area contributed by atoms with Crippen LogP contribution in [0.15, 0.2) is 76.2 Å². The molecule has 9 heteroatoms. The molecule has 4 rings (SSSR count). The van der Waals surface area contributed by atoms with Crippen molar-refractivity contribution in [3.63, 3.8) is 0 Å². The van der Waals surface area contributed by atoms with Crippen molar-refractivity contribution in [3.8, 4) is 0 Å². The SMILES string of the molecule is CC(=O)N/C(=C/c1ccccc1)C(=O)OCC(=O)N1N=C(c2cccs2)CC1c1cccs1. The molecule has 0 saturated carbocycles. The van der Waals surface area contributed by atoms with E-state index in [0.717, 1.165) is 15.5 Å². The van der Waals surface area contributed by atoms with Crippen LogP contribution in [0.2, 0.25) is 0 Å². The van der Waals surface area contributed by atoms with Crippen LogP contribution in [-0.4, -0.2) is 35.1 Å². The first-order valence-corrected chi connectivity index (χ1v) is 12.0. The van der Waals surface area contributed by atoms with Crippen molar-refractivity contribution < 1.29 is 19.1 Å². The van der Waals surface area contributed by atoms with Crippen LogP contribution in [0.4, 0.5) is 0 Å². The lowest BCUT2D eigenvalue weighted by Gasteiger charge is -2.20. The Balaban J connectivity index is 1.49. The van der Waals surface area contributed by atoms with Gasteiger partial charge in [0.25, 0.3) is 5.91 Å². The molecule has 1 aromatic carbocycles. The average Bonchev–Trinajstić information content (AvgIpc) is 3.58. The van der Waals surface area contributed by atoms with Gasteiger partial charge in [-0.15, -0.1) is 22.7 Å². The van der Waals surface area contributed by atoms with E-state index in [4.69, 9.17) is 4.74 Å². The second-order valence-corrected chi connectivity index (χ2v) is 9.15. The van der Waals surface area contributed by atoms with E-state index in [1.54, 1.807) is 34.8 Å². The maximum atomic E-state index is 13.0. The predicted octanol–water partition coefficient (Wildman–Crippen LogP) is 4.21. The van der Waals surface area contributed by atoms with Crippen molar-refractivity contribution in [3.05, 3.63) is 86.4 Å². The molecule has 1 atom stereocenters. The van der Waals surface area contributed by atoms with E-state index in [9.17, 15) is 14.4 Å². The molecular weight excluding hydrogens is 458 g/mol. The lowest BCUT2D eigenvalue weighted by molar-refractivity contribution is -0.150. The van der Waals surface area contributed by atoms with Crippen molar-refractivity contribution in [2.45, 2.75) is 19.4 Å². The van der Waals surface area contributed by atoms with Crippen LogP contribution >= 0.6 is 22.7 Å². The number of hydrazone groups is 1. The van der Waals surface area contributed by atoms with Gasteiger partial charge in [-0.3, -0.25) is 9.59 Å². The number of amides is 2. The van der Waals surface area contributed by atoms with E-state index in [2.05, 4.69) is 10.4 Å². The zero-order chi connectivity index (χ0) is 23.2. The number of hydrogen-bond acceptors (Lipinski definition) is 7. The molecule has 33 heavy (non-hydrogen) atoms. The number of carbonyl (C=O) groups excluding carboxylic acids is 3. The number of nitrogens with zero attached hydrogens (tertiary/aromatic N) is 2. The minimum absolute atomic E-state index is 0.0412. The van der Waals surface area contributed by atoms with Crippen LogP contribution in [0, 0.1) is 0 Å². The summed E-state index contributed by atoms with van der Waals surface area (Å²) in [4.78, 5) is 39.3. The van der Waals surface area contributed by atoms with Crippen molar-refractivity contribution in [1.29, 1.82) is 0 Å². The summed E-state index contributed by atoms with van der Waals surface area (Å²) >= 11 is 3.11. The summed E-state index contributed by atoms with van der Waals surface area (Å²) in [5.74, 6) is -1.64. The van der Waals surface area contributed by atoms with E-state index in [-0.39, 0.29) is 11.7 Å². The fourth-order valence-corrected chi connectivity index (χ4v) is 4.89. The van der Waals surface area contributed by atoms with Gasteiger partial charge in [0, 0.05) is 18.2 Å². The second-order valence-electron chi connectivity index (χ2n) is 7.22. The quantitative estimate of drug-likeness (QED) is 0.406. The van der Waals surface area contributed by atoms with Gasteiger partial charge in [-0.25, -0.2) is 9.80 Å². The van der Waals surface area contributed by atoms with Crippen molar-refractivity contribution >= 4 is 52.2 Å². The normalized spacial score (nSPS) is 15.8. The van der Waals surface area contributed by atoms with Gasteiger partial charge >= 0.3 is 5.97 Å². The van der Waals surface area contributed by atoms with Crippen LogP contribution in [0.25, 0.3) is 6.08 Å². The van der Waals surface area contributed by atoms with Crippen LogP contribution in [-0.2, 0) is 19.1 Å². The molecule has 1 N–H and O–H groups in total. The number of carbonyl (C=O) groups is 3. The van der Waals surface area contributed by atoms with Crippen LogP contribution in [0.5, 0.6) is 0 Å². The van der Waals surface area contributed by atoms with Gasteiger partial charge in [0.1, 0.15) is 5.70 Å². The van der Waals surface area contributed by atoms with Gasteiger partial charge in [0.15, 0.2) is 6.61 Å². The third-order valence-corrected chi connectivity index (χ3v) is 6.70. The first kappa shape index (κ1) is 22.6. The lowest BCUT2D eigenvalue weighted by atomic mass is 10.1. The Morgan fingerprint density at radius 3 is 2.52 bits per heavy atom. The third kappa shape index (κ3) is 5.63. The molecule has 0 aliphatic carbocycles. The Kier molecular flexibility index (Phi) is 7.11. The van der Waals surface area contributed by atoms with Crippen molar-refractivity contribution in [1.82, 2.24) is 10.3 Å². The molecule has 1 unspecified atom stereocenters. The summed E-state index contributed by atoms with van der Waals surface area (Å²) in [6.45, 7) is 0.807. The first-order chi connectivity index (χ1) is 16.0. The smallest absolute Gasteiger partial charge is 0.355 e. The highest BCUT2D eigenvalue weighted by atomic mass is 32.1. The van der Waals surface area contributed by atoms with Crippen molar-refractivity contribution in [2.24, 2.45) is 5.10 Å². The molecule has 3 aromatic rings. The number of ether oxygens (including phenoxy) is 1. The summed E-state index contributed by atoms with van der Waals surface area (Å²) in [6.07, 6.45) is 2.09. The van der Waals surface area contributed by atoms with Gasteiger partial charge < -0.3 is 10.1 Å². The average molecular weight is 480 g/mol. The maximum absolute atomic E-state index is 13.0. The molecule has 0 spiro atoms. The standard InChI is InChI=1S/C24H21N3O4S2/c1-16(28)25-19(13-17-7-3-2-4-8-17)24(30)31-15-23(29)27-20(22-10-6-12-33-22)14-18(26-27)21-9-5-11-32-21/h2-13,20H,14-15H2,1H3,(H,25,28)/b19-13+. The molecule has 2 aromatic heterocycles. The molecule has 0 radical (unpaired) electrons. The monoisotopic (exact) mass is 479 g/mol. The Morgan fingerprint density at radius 1 is 1.09 bits per heavy atom. The molecule has 168 valence electrons. The highest BCUT2D eigenvalue weighted by Crippen LogP contribution is 2.35. The summed E-state index contributed by atoms with van der Waals surface area (Å²) in [5, 5.41) is 12.3. The molecule has 0 fully saturated rings. The van der Waals surface area contributed by atoms with Gasteiger partial charge in [0.2, 0.25) is 5.91 Å². The maximum Gasteiger partial charge on any atom is 0.355 e. The fourth-order valence-electron chi connectivity index (χ4n) is 3.36. The molecule has 1 aliphatic rings. The second kappa shape index (κ2) is 10.4. The summed E-state index contributed by atoms with van der Waals surface area (Å²) < 4.78 is 5.27. The van der Waals surface area contributed by atoms with Gasteiger partial charge in [-0.2, -0.15) is 5.10 Å². The van der Waals surface area contributed by atoms with Crippen molar-refractivity contribution in [2.75, 3.05) is 6.61 Å². The van der Waals surface area contributed by atoms with E-state index >= 15 is 0 Å². The molecule has 1 aliphatic heterocycles. The lowest BCUT2D eigenvalue weighted by Crippen LogP contribution is -2.33. The summed E-state index contributed by atoms with van der Waals surface area (Å²) in [5.41, 5.74) is 1.50. The predicted molar refractivity (Wildman–Crippen MR) is 129 cm³/mol. The molecular formula is C24H21N3O4S2. The number of benzene rings is 1. The van der Waals surface area contributed by atoms with E-state index in [1.807, 2.05) is 53.2 Å². The van der Waals surface area contributed by atoms with Gasteiger partial charge in [-0.05, 0) is 34.5 Å². The van der Waals surface area contributed by atoms with E-state index < -0.39 is 24.4 Å². The number of esters is 1. The zero-order valence-corrected chi connectivity index (χ0v) is 19.4. The third-order valence-electron chi connectivity index (χ3n) is 4.81. The molecule has 7 nitrogen and oxygen atoms in total. The largest absolute Gasteiger partial charge is 0.451 e. The number of thiophene rings is 2. The molecule has 3 heterocycles. The van der Waals surface area contributed by atoms with E-state index in [0.29, 0.717) is 12.0 Å². The van der Waals surface area contributed by atoms with Gasteiger partial charge in [-0.1, -0.05) is 42.5 Å². The summed E-state index contributed by atoms with van der Waals surface area (Å²) in [6, 6.07) is 16.6. The minimum Gasteiger partial charge on any atom is -0.451 e. The minimum atomic E-state index is -0.795. The Morgan fingerprint density at radius 2 is 1.85 bits per heavy atom. The van der Waals surface area contributed by atoms with Crippen LogP contribution in [0.1, 0.15) is 34.7 Å². The zero-order valence-electron chi connectivity index (χ0n) is 17.8. The summed E-state index contributed by atoms with van der Waals surface area (Å²) in [7, 11) is 0. The Hall–Kier alpha value is -3.56. The fraction of sp³-hybridized carbons (Fsp3) is 0.167. The Bertz CT molecular complexity index is 1190. The Labute approximate surface area is 199 Å². The molecule has 0 saturated heterocycles. The highest BCUT2D eigenvalue weighted by Gasteiger charge is 2.34. The topological polar surface area (TPSA) is 88.1 Å². The number of rotatable bonds is 7. The highest BCUT2D eigenvalue weighted by molar-refractivity contribution is 7.12. The molecule has 2 amide bonds. The molecule has 0 bridgehead atoms. The van der Waals surface area contributed by atoms with E-state index in [1.165, 1.54) is 18.0 Å². The number of nitrogens with one attached hydrogen (secondary N) is 1. The number of hydrogen-bond donors (Lipinski definition) is 1. The van der Waals surface area contributed by atoms with Gasteiger partial charge in [0.05, 0.1) is 16.6 Å².